The molecule has 2 atom stereocenters. The van der Waals surface area contributed by atoms with Crippen LogP contribution in [-0.2, 0) is 21.1 Å². The number of anilines is 1. The topological polar surface area (TPSA) is 82.6 Å². The highest BCUT2D eigenvalue weighted by Crippen LogP contribution is 2.29. The van der Waals surface area contributed by atoms with Gasteiger partial charge >= 0.3 is 0 Å². The first-order valence-electron chi connectivity index (χ1n) is 10.8. The summed E-state index contributed by atoms with van der Waals surface area (Å²) >= 11 is 0. The molecule has 1 aromatic heterocycles. The summed E-state index contributed by atoms with van der Waals surface area (Å²) in [4.78, 5) is 18.5. The Labute approximate surface area is 189 Å². The smallest absolute Gasteiger partial charge is 0.199 e. The van der Waals surface area contributed by atoms with Gasteiger partial charge in [0.05, 0.1) is 4.90 Å². The predicted molar refractivity (Wildman–Crippen MR) is 125 cm³/mol. The third-order valence-corrected chi connectivity index (χ3v) is 8.11. The number of nitrogens with one attached hydrogen (secondary N) is 1. The standard InChI is InChI=1S/C24H28N4O3S/c1-3-24(27-13-7-8-14-27)32(30,31)20-11-12-23(25-16-20)28-22(17-29)21(18(2)26-28)15-19-9-5-4-6-10-19/h3-6,9-12,16-17,22,24,26H,1,7-8,13-15H2,2H3. The monoisotopic (exact) mass is 452 g/mol. The number of sulfone groups is 1. The number of nitrogens with zero attached hydrogens (tertiary/aromatic N) is 3. The lowest BCUT2D eigenvalue weighted by Gasteiger charge is -2.25. The molecule has 1 aromatic carbocycles. The number of carbonyl (C=O) groups is 1. The van der Waals surface area contributed by atoms with E-state index in [1.807, 2.05) is 42.2 Å². The molecule has 0 radical (unpaired) electrons. The summed E-state index contributed by atoms with van der Waals surface area (Å²) in [5.41, 5.74) is 6.20. The van der Waals surface area contributed by atoms with E-state index >= 15 is 0 Å². The second-order valence-electron chi connectivity index (χ2n) is 8.14. The second kappa shape index (κ2) is 9.26. The fourth-order valence-electron chi connectivity index (χ4n) is 4.39. The van der Waals surface area contributed by atoms with Crippen LogP contribution in [0.4, 0.5) is 5.82 Å². The van der Waals surface area contributed by atoms with E-state index < -0.39 is 21.3 Å². The van der Waals surface area contributed by atoms with Gasteiger partial charge in [0, 0.05) is 11.9 Å². The van der Waals surface area contributed by atoms with Crippen LogP contribution in [0.15, 0.2) is 77.5 Å². The number of aldehydes is 1. The van der Waals surface area contributed by atoms with Crippen LogP contribution in [0.5, 0.6) is 0 Å². The average Bonchev–Trinajstić information content (AvgIpc) is 3.43. The third kappa shape index (κ3) is 4.20. The molecule has 8 heteroatoms. The Hall–Kier alpha value is -2.97. The Kier molecular flexibility index (Phi) is 6.43. The van der Waals surface area contributed by atoms with Crippen LogP contribution in [-0.4, -0.2) is 49.1 Å². The van der Waals surface area contributed by atoms with Crippen molar-refractivity contribution in [2.24, 2.45) is 0 Å². The summed E-state index contributed by atoms with van der Waals surface area (Å²) in [7, 11) is -3.63. The van der Waals surface area contributed by atoms with E-state index in [0.717, 1.165) is 49.1 Å². The van der Waals surface area contributed by atoms with Crippen molar-refractivity contribution in [3.63, 3.8) is 0 Å². The van der Waals surface area contributed by atoms with Crippen molar-refractivity contribution in [3.8, 4) is 0 Å². The minimum absolute atomic E-state index is 0.147. The van der Waals surface area contributed by atoms with Crippen LogP contribution in [0.3, 0.4) is 0 Å². The molecule has 2 aliphatic heterocycles. The highest BCUT2D eigenvalue weighted by molar-refractivity contribution is 7.92. The highest BCUT2D eigenvalue weighted by Gasteiger charge is 2.34. The van der Waals surface area contributed by atoms with Gasteiger partial charge in [-0.3, -0.25) is 9.91 Å². The molecule has 0 saturated carbocycles. The van der Waals surface area contributed by atoms with Gasteiger partial charge in [-0.1, -0.05) is 36.4 Å². The predicted octanol–water partition coefficient (Wildman–Crippen LogP) is 2.87. The minimum atomic E-state index is -3.63. The molecule has 2 aliphatic rings. The lowest BCUT2D eigenvalue weighted by Crippen LogP contribution is -2.41. The molecule has 1 fully saturated rings. The third-order valence-electron chi connectivity index (χ3n) is 6.09. The molecule has 7 nitrogen and oxygen atoms in total. The molecule has 0 bridgehead atoms. The lowest BCUT2D eigenvalue weighted by atomic mass is 9.99. The van der Waals surface area contributed by atoms with E-state index in [0.29, 0.717) is 12.2 Å². The Balaban J connectivity index is 1.55. The molecule has 2 unspecified atom stereocenters. The zero-order valence-electron chi connectivity index (χ0n) is 18.1. The molecular weight excluding hydrogens is 424 g/mol. The summed E-state index contributed by atoms with van der Waals surface area (Å²) in [6.45, 7) is 7.17. The van der Waals surface area contributed by atoms with Crippen molar-refractivity contribution in [3.05, 3.63) is 78.1 Å². The van der Waals surface area contributed by atoms with E-state index in [-0.39, 0.29) is 4.90 Å². The van der Waals surface area contributed by atoms with E-state index in [9.17, 15) is 13.2 Å². The zero-order chi connectivity index (χ0) is 22.7. The van der Waals surface area contributed by atoms with Crippen molar-refractivity contribution < 1.29 is 13.2 Å². The molecule has 0 aliphatic carbocycles. The van der Waals surface area contributed by atoms with Gasteiger partial charge in [-0.05, 0) is 62.5 Å². The Bertz CT molecular complexity index is 1110. The van der Waals surface area contributed by atoms with Crippen molar-refractivity contribution in [1.82, 2.24) is 15.3 Å². The summed E-state index contributed by atoms with van der Waals surface area (Å²) < 4.78 is 26.3. The largest absolute Gasteiger partial charge is 0.301 e. The van der Waals surface area contributed by atoms with Crippen molar-refractivity contribution in [1.29, 1.82) is 0 Å². The number of hydrazine groups is 1. The fraction of sp³-hybridized carbons (Fsp3) is 0.333. The van der Waals surface area contributed by atoms with Crippen molar-refractivity contribution in [2.45, 2.75) is 42.5 Å². The maximum absolute atomic E-state index is 13.2. The van der Waals surface area contributed by atoms with Crippen molar-refractivity contribution >= 4 is 21.9 Å². The van der Waals surface area contributed by atoms with Gasteiger partial charge in [-0.2, -0.15) is 0 Å². The van der Waals surface area contributed by atoms with E-state index in [4.69, 9.17) is 0 Å². The number of pyridine rings is 1. The summed E-state index contributed by atoms with van der Waals surface area (Å²) in [6.07, 6.45) is 6.36. The molecule has 32 heavy (non-hydrogen) atoms. The van der Waals surface area contributed by atoms with Gasteiger partial charge in [0.25, 0.3) is 0 Å². The van der Waals surface area contributed by atoms with Gasteiger partial charge in [0.2, 0.25) is 0 Å². The normalized spacial score (nSPS) is 20.3. The van der Waals surface area contributed by atoms with E-state index in [2.05, 4.69) is 17.0 Å². The van der Waals surface area contributed by atoms with E-state index in [1.165, 1.54) is 12.3 Å². The maximum atomic E-state index is 13.2. The van der Waals surface area contributed by atoms with E-state index in [1.54, 1.807) is 17.1 Å². The molecule has 0 amide bonds. The second-order valence-corrected chi connectivity index (χ2v) is 10.2. The molecular formula is C24H28N4O3S. The Morgan fingerprint density at radius 2 is 1.91 bits per heavy atom. The quantitative estimate of drug-likeness (QED) is 0.487. The summed E-state index contributed by atoms with van der Waals surface area (Å²) in [6, 6.07) is 12.6. The minimum Gasteiger partial charge on any atom is -0.301 e. The van der Waals surface area contributed by atoms with Gasteiger partial charge in [0.15, 0.2) is 9.84 Å². The average molecular weight is 453 g/mol. The van der Waals surface area contributed by atoms with Crippen LogP contribution >= 0.6 is 0 Å². The number of aromatic nitrogens is 1. The first-order chi connectivity index (χ1) is 15.5. The summed E-state index contributed by atoms with van der Waals surface area (Å²) in [5.74, 6) is 0.486. The maximum Gasteiger partial charge on any atom is 0.199 e. The SMILES string of the molecule is C=CC(N1CCCC1)S(=O)(=O)c1ccc(N2NC(C)=C(Cc3ccccc3)C2C=O)nc1. The summed E-state index contributed by atoms with van der Waals surface area (Å²) in [5, 5.41) is 0.925. The number of hydrogen-bond donors (Lipinski definition) is 1. The lowest BCUT2D eigenvalue weighted by molar-refractivity contribution is -0.108. The van der Waals surface area contributed by atoms with Crippen LogP contribution in [0.1, 0.15) is 25.3 Å². The fourth-order valence-corrected chi connectivity index (χ4v) is 5.98. The number of rotatable bonds is 8. The number of allylic oxidation sites excluding steroid dienone is 1. The first-order valence-corrected chi connectivity index (χ1v) is 12.3. The van der Waals surface area contributed by atoms with Gasteiger partial charge in [0.1, 0.15) is 23.5 Å². The van der Waals surface area contributed by atoms with Gasteiger partial charge < -0.3 is 10.2 Å². The number of likely N-dealkylation sites (tertiary alicyclic amines) is 1. The molecule has 0 spiro atoms. The molecule has 3 heterocycles. The van der Waals surface area contributed by atoms with Crippen LogP contribution in [0, 0.1) is 0 Å². The molecule has 168 valence electrons. The Morgan fingerprint density at radius 3 is 2.50 bits per heavy atom. The number of hydrogen-bond acceptors (Lipinski definition) is 7. The highest BCUT2D eigenvalue weighted by atomic mass is 32.2. The van der Waals surface area contributed by atoms with Crippen molar-refractivity contribution in [2.75, 3.05) is 18.1 Å². The Morgan fingerprint density at radius 1 is 1.19 bits per heavy atom. The van der Waals surface area contributed by atoms with Crippen LogP contribution in [0.2, 0.25) is 0 Å². The van der Waals surface area contributed by atoms with Gasteiger partial charge in [-0.15, -0.1) is 6.58 Å². The van der Waals surface area contributed by atoms with Crippen LogP contribution < -0.4 is 10.4 Å². The number of carbonyl (C=O) groups excluding carboxylic acids is 1. The van der Waals surface area contributed by atoms with Crippen LogP contribution in [0.25, 0.3) is 0 Å². The molecule has 1 N–H and O–H groups in total. The van der Waals surface area contributed by atoms with Gasteiger partial charge in [-0.25, -0.2) is 13.4 Å². The molecule has 2 aromatic rings. The zero-order valence-corrected chi connectivity index (χ0v) is 19.0. The number of benzene rings is 1. The molecule has 1 saturated heterocycles. The first kappa shape index (κ1) is 22.2. The molecule has 4 rings (SSSR count).